The first kappa shape index (κ1) is 5.83. The van der Waals surface area contributed by atoms with Crippen LogP contribution < -0.4 is 5.32 Å². The molecule has 1 aliphatic rings. The lowest BCUT2D eigenvalue weighted by molar-refractivity contribution is 0.209. The van der Waals surface area contributed by atoms with Crippen LogP contribution in [0.25, 0.3) is 0 Å². The van der Waals surface area contributed by atoms with Crippen LogP contribution in [-0.4, -0.2) is 11.6 Å². The van der Waals surface area contributed by atoms with Gasteiger partial charge in [-0.1, -0.05) is 6.08 Å². The zero-order chi connectivity index (χ0) is 6.20. The van der Waals surface area contributed by atoms with E-state index in [1.807, 2.05) is 6.08 Å². The van der Waals surface area contributed by atoms with Crippen molar-refractivity contribution in [3.63, 3.8) is 0 Å². The van der Waals surface area contributed by atoms with Crippen molar-refractivity contribution in [2.75, 3.05) is 0 Å². The van der Waals surface area contributed by atoms with Crippen LogP contribution >= 0.6 is 0 Å². The number of hydrogen-bond acceptors (Lipinski definition) is 1. The van der Waals surface area contributed by atoms with Crippen LogP contribution in [0.5, 0.6) is 0 Å². The summed E-state index contributed by atoms with van der Waals surface area (Å²) in [6.07, 6.45) is 3.20. The monoisotopic (exact) mass is 111 g/mol. The fourth-order valence-corrected chi connectivity index (χ4v) is 1.17. The molecular formula is C7H13N. The van der Waals surface area contributed by atoms with E-state index in [4.69, 9.17) is 0 Å². The molecule has 1 N–H and O–H groups in total. The Hall–Kier alpha value is -0.300. The molecule has 1 rings (SSSR count). The zero-order valence-corrected chi connectivity index (χ0v) is 5.57. The standard InChI is InChI=1S/C7H13N/c1-4-6-5-7(2,3)8-6/h4,6,8H,1,5H2,2-3H3/t6-/m1/s1. The molecular weight excluding hydrogens is 98.1 g/mol. The Morgan fingerprint density at radius 2 is 2.25 bits per heavy atom. The molecule has 0 aliphatic carbocycles. The Balaban J connectivity index is 2.31. The lowest BCUT2D eigenvalue weighted by Crippen LogP contribution is -2.58. The van der Waals surface area contributed by atoms with Gasteiger partial charge in [-0.05, 0) is 20.3 Å². The molecule has 1 heteroatoms. The van der Waals surface area contributed by atoms with E-state index in [0.29, 0.717) is 11.6 Å². The molecule has 0 aromatic carbocycles. The largest absolute Gasteiger partial charge is 0.305 e. The topological polar surface area (TPSA) is 12.0 Å². The maximum absolute atomic E-state index is 3.69. The normalized spacial score (nSPS) is 33.5. The summed E-state index contributed by atoms with van der Waals surface area (Å²) in [6.45, 7) is 8.09. The lowest BCUT2D eigenvalue weighted by atomic mass is 9.85. The second-order valence-corrected chi connectivity index (χ2v) is 3.07. The van der Waals surface area contributed by atoms with E-state index in [1.165, 1.54) is 6.42 Å². The van der Waals surface area contributed by atoms with Crippen molar-refractivity contribution in [2.45, 2.75) is 31.8 Å². The Labute approximate surface area is 50.8 Å². The molecule has 0 unspecified atom stereocenters. The van der Waals surface area contributed by atoms with Crippen LogP contribution in [-0.2, 0) is 0 Å². The van der Waals surface area contributed by atoms with Crippen LogP contribution in [0, 0.1) is 0 Å². The van der Waals surface area contributed by atoms with E-state index < -0.39 is 0 Å². The summed E-state index contributed by atoms with van der Waals surface area (Å²) >= 11 is 0. The molecule has 46 valence electrons. The third-order valence-electron chi connectivity index (χ3n) is 1.59. The van der Waals surface area contributed by atoms with E-state index in [9.17, 15) is 0 Å². The molecule has 1 saturated heterocycles. The molecule has 1 nitrogen and oxygen atoms in total. The predicted octanol–water partition coefficient (Wildman–Crippen LogP) is 1.31. The molecule has 1 fully saturated rings. The fourth-order valence-electron chi connectivity index (χ4n) is 1.17. The first-order valence-electron chi connectivity index (χ1n) is 3.04. The van der Waals surface area contributed by atoms with Gasteiger partial charge in [0, 0.05) is 11.6 Å². The highest BCUT2D eigenvalue weighted by Crippen LogP contribution is 2.22. The van der Waals surface area contributed by atoms with Crippen LogP contribution in [0.15, 0.2) is 12.7 Å². The number of rotatable bonds is 1. The predicted molar refractivity (Wildman–Crippen MR) is 35.8 cm³/mol. The van der Waals surface area contributed by atoms with Crippen LogP contribution in [0.3, 0.4) is 0 Å². The van der Waals surface area contributed by atoms with E-state index in [2.05, 4.69) is 25.7 Å². The quantitative estimate of drug-likeness (QED) is 0.503. The Bertz CT molecular complexity index is 97.0. The molecule has 0 spiro atoms. The van der Waals surface area contributed by atoms with Crippen LogP contribution in [0.1, 0.15) is 20.3 Å². The lowest BCUT2D eigenvalue weighted by Gasteiger charge is -2.43. The molecule has 0 aromatic rings. The van der Waals surface area contributed by atoms with Gasteiger partial charge in [0.15, 0.2) is 0 Å². The molecule has 0 radical (unpaired) electrons. The van der Waals surface area contributed by atoms with Gasteiger partial charge in [0.05, 0.1) is 0 Å². The third kappa shape index (κ3) is 0.920. The van der Waals surface area contributed by atoms with Gasteiger partial charge in [0.1, 0.15) is 0 Å². The summed E-state index contributed by atoms with van der Waals surface area (Å²) in [6, 6.07) is 0.574. The van der Waals surface area contributed by atoms with Gasteiger partial charge in [0.2, 0.25) is 0 Å². The van der Waals surface area contributed by atoms with Gasteiger partial charge in [-0.25, -0.2) is 0 Å². The second-order valence-electron chi connectivity index (χ2n) is 3.07. The maximum atomic E-state index is 3.69. The third-order valence-corrected chi connectivity index (χ3v) is 1.59. The van der Waals surface area contributed by atoms with Crippen molar-refractivity contribution in [3.05, 3.63) is 12.7 Å². The average Bonchev–Trinajstić information content (AvgIpc) is 1.60. The summed E-state index contributed by atoms with van der Waals surface area (Å²) in [5.74, 6) is 0. The summed E-state index contributed by atoms with van der Waals surface area (Å²) < 4.78 is 0. The molecule has 0 bridgehead atoms. The first-order valence-corrected chi connectivity index (χ1v) is 3.04. The number of hydrogen-bond donors (Lipinski definition) is 1. The highest BCUT2D eigenvalue weighted by atomic mass is 15.1. The highest BCUT2D eigenvalue weighted by Gasteiger charge is 2.32. The molecule has 0 amide bonds. The van der Waals surface area contributed by atoms with Gasteiger partial charge in [-0.2, -0.15) is 0 Å². The van der Waals surface area contributed by atoms with Crippen molar-refractivity contribution in [1.29, 1.82) is 0 Å². The molecule has 1 aliphatic heterocycles. The second kappa shape index (κ2) is 1.59. The minimum absolute atomic E-state index is 0.374. The average molecular weight is 111 g/mol. The molecule has 0 saturated carbocycles. The Morgan fingerprint density at radius 3 is 2.38 bits per heavy atom. The summed E-state index contributed by atoms with van der Waals surface area (Å²) in [4.78, 5) is 0. The first-order chi connectivity index (χ1) is 3.64. The minimum atomic E-state index is 0.374. The fraction of sp³-hybridized carbons (Fsp3) is 0.714. The van der Waals surface area contributed by atoms with Crippen molar-refractivity contribution in [1.82, 2.24) is 5.32 Å². The van der Waals surface area contributed by atoms with Crippen molar-refractivity contribution < 1.29 is 0 Å². The van der Waals surface area contributed by atoms with Gasteiger partial charge < -0.3 is 5.32 Å². The van der Waals surface area contributed by atoms with Gasteiger partial charge in [-0.3, -0.25) is 0 Å². The van der Waals surface area contributed by atoms with E-state index in [-0.39, 0.29) is 0 Å². The van der Waals surface area contributed by atoms with Crippen LogP contribution in [0.4, 0.5) is 0 Å². The van der Waals surface area contributed by atoms with Gasteiger partial charge in [-0.15, -0.1) is 6.58 Å². The Kier molecular flexibility index (Phi) is 1.16. The maximum Gasteiger partial charge on any atom is 0.0269 e. The zero-order valence-electron chi connectivity index (χ0n) is 5.57. The van der Waals surface area contributed by atoms with Crippen molar-refractivity contribution in [3.8, 4) is 0 Å². The molecule has 1 atom stereocenters. The smallest absolute Gasteiger partial charge is 0.0269 e. The summed E-state index contributed by atoms with van der Waals surface area (Å²) in [5.41, 5.74) is 0.374. The molecule has 0 aromatic heterocycles. The minimum Gasteiger partial charge on any atom is -0.305 e. The van der Waals surface area contributed by atoms with E-state index >= 15 is 0 Å². The van der Waals surface area contributed by atoms with E-state index in [0.717, 1.165) is 0 Å². The molecule has 1 heterocycles. The Morgan fingerprint density at radius 1 is 1.75 bits per heavy atom. The van der Waals surface area contributed by atoms with Crippen molar-refractivity contribution >= 4 is 0 Å². The van der Waals surface area contributed by atoms with Gasteiger partial charge in [0.25, 0.3) is 0 Å². The van der Waals surface area contributed by atoms with Gasteiger partial charge >= 0.3 is 0 Å². The summed E-state index contributed by atoms with van der Waals surface area (Å²) in [7, 11) is 0. The van der Waals surface area contributed by atoms with E-state index in [1.54, 1.807) is 0 Å². The summed E-state index contributed by atoms with van der Waals surface area (Å²) in [5, 5.41) is 3.35. The SMILES string of the molecule is C=C[C@@H]1CC(C)(C)N1. The molecule has 8 heavy (non-hydrogen) atoms. The number of nitrogens with one attached hydrogen (secondary N) is 1. The highest BCUT2D eigenvalue weighted by molar-refractivity contribution is 5.04. The van der Waals surface area contributed by atoms with Crippen LogP contribution in [0.2, 0.25) is 0 Å². The van der Waals surface area contributed by atoms with Crippen molar-refractivity contribution in [2.24, 2.45) is 0 Å².